The fourth-order valence-electron chi connectivity index (χ4n) is 1.36. The van der Waals surface area contributed by atoms with E-state index in [4.69, 9.17) is 5.26 Å². The van der Waals surface area contributed by atoms with Crippen molar-refractivity contribution in [1.29, 1.82) is 5.26 Å². The predicted molar refractivity (Wildman–Crippen MR) is 58.3 cm³/mol. The number of nitriles is 1. The summed E-state index contributed by atoms with van der Waals surface area (Å²) in [5, 5.41) is 9.86. The Morgan fingerprint density at radius 2 is 2.29 bits per heavy atom. The highest BCUT2D eigenvalue weighted by Crippen LogP contribution is 2.28. The molecule has 3 heteroatoms. The van der Waals surface area contributed by atoms with Gasteiger partial charge in [-0.3, -0.25) is 0 Å². The molecule has 0 spiro atoms. The van der Waals surface area contributed by atoms with Gasteiger partial charge in [0.15, 0.2) is 0 Å². The van der Waals surface area contributed by atoms with E-state index in [0.29, 0.717) is 0 Å². The van der Waals surface area contributed by atoms with Crippen LogP contribution in [0.15, 0.2) is 24.3 Å². The van der Waals surface area contributed by atoms with Gasteiger partial charge in [-0.15, -0.1) is 11.3 Å². The lowest BCUT2D eigenvalue weighted by Gasteiger charge is -1.97. The van der Waals surface area contributed by atoms with Crippen LogP contribution in [0.25, 0.3) is 10.2 Å². The van der Waals surface area contributed by atoms with E-state index in [0.717, 1.165) is 21.6 Å². The van der Waals surface area contributed by atoms with Crippen molar-refractivity contribution in [1.82, 2.24) is 4.98 Å². The second-order valence-corrected chi connectivity index (χ2v) is 4.17. The van der Waals surface area contributed by atoms with E-state index in [9.17, 15) is 0 Å². The Hall–Kier alpha value is -1.40. The number of hydrogen-bond donors (Lipinski definition) is 0. The molecule has 0 amide bonds. The fourth-order valence-corrected chi connectivity index (χ4v) is 2.46. The fraction of sp³-hybridized carbons (Fsp3) is 0.273. The van der Waals surface area contributed by atoms with Gasteiger partial charge >= 0.3 is 0 Å². The van der Waals surface area contributed by atoms with Gasteiger partial charge in [0.1, 0.15) is 5.01 Å². The number of para-hydroxylation sites is 1. The van der Waals surface area contributed by atoms with E-state index in [2.05, 4.69) is 11.1 Å². The van der Waals surface area contributed by atoms with Crippen molar-refractivity contribution in [3.05, 3.63) is 29.3 Å². The maximum absolute atomic E-state index is 8.92. The molecule has 0 aliphatic carbocycles. The number of benzene rings is 1. The van der Waals surface area contributed by atoms with Gasteiger partial charge in [0.05, 0.1) is 22.2 Å². The smallest absolute Gasteiger partial charge is 0.111 e. The lowest BCUT2D eigenvalue weighted by Crippen LogP contribution is -1.91. The van der Waals surface area contributed by atoms with Crippen molar-refractivity contribution < 1.29 is 0 Å². The standard InChI is InChI=1S/C11H10N2S/c1-2-8(7-12)11-13-9-5-3-4-6-10(9)14-11/h3-6,8H,2H2,1H3. The maximum Gasteiger partial charge on any atom is 0.111 e. The van der Waals surface area contributed by atoms with E-state index in [1.54, 1.807) is 11.3 Å². The molecule has 0 saturated carbocycles. The van der Waals surface area contributed by atoms with Crippen LogP contribution in [0.4, 0.5) is 0 Å². The molecule has 0 aliphatic heterocycles. The minimum atomic E-state index is -0.0487. The summed E-state index contributed by atoms with van der Waals surface area (Å²) >= 11 is 1.62. The Morgan fingerprint density at radius 1 is 1.50 bits per heavy atom. The molecule has 2 nitrogen and oxygen atoms in total. The van der Waals surface area contributed by atoms with Crippen molar-refractivity contribution in [2.75, 3.05) is 0 Å². The molecule has 2 aromatic rings. The first-order valence-electron chi connectivity index (χ1n) is 4.60. The van der Waals surface area contributed by atoms with Crippen LogP contribution < -0.4 is 0 Å². The van der Waals surface area contributed by atoms with Crippen molar-refractivity contribution >= 4 is 21.6 Å². The Morgan fingerprint density at radius 3 is 2.93 bits per heavy atom. The van der Waals surface area contributed by atoms with Crippen LogP contribution in [0.2, 0.25) is 0 Å². The van der Waals surface area contributed by atoms with Gasteiger partial charge in [-0.1, -0.05) is 19.1 Å². The molecule has 0 aliphatic rings. The van der Waals surface area contributed by atoms with Gasteiger partial charge < -0.3 is 0 Å². The molecule has 1 aromatic heterocycles. The van der Waals surface area contributed by atoms with Gasteiger partial charge in [-0.2, -0.15) is 5.26 Å². The van der Waals surface area contributed by atoms with Crippen LogP contribution in [0.5, 0.6) is 0 Å². The second kappa shape index (κ2) is 3.77. The minimum absolute atomic E-state index is 0.0487. The van der Waals surface area contributed by atoms with E-state index < -0.39 is 0 Å². The summed E-state index contributed by atoms with van der Waals surface area (Å²) < 4.78 is 1.16. The van der Waals surface area contributed by atoms with Crippen molar-refractivity contribution in [2.24, 2.45) is 0 Å². The number of aromatic nitrogens is 1. The van der Waals surface area contributed by atoms with Crippen molar-refractivity contribution in [2.45, 2.75) is 19.3 Å². The topological polar surface area (TPSA) is 36.7 Å². The van der Waals surface area contributed by atoms with E-state index >= 15 is 0 Å². The number of thiazole rings is 1. The highest BCUT2D eigenvalue weighted by atomic mass is 32.1. The molecule has 0 bridgehead atoms. The highest BCUT2D eigenvalue weighted by molar-refractivity contribution is 7.18. The van der Waals surface area contributed by atoms with E-state index in [-0.39, 0.29) is 5.92 Å². The van der Waals surface area contributed by atoms with E-state index in [1.165, 1.54) is 0 Å². The molecule has 14 heavy (non-hydrogen) atoms. The van der Waals surface area contributed by atoms with Crippen LogP contribution >= 0.6 is 11.3 Å². The van der Waals surface area contributed by atoms with Gasteiger partial charge in [-0.25, -0.2) is 4.98 Å². The van der Waals surface area contributed by atoms with Gasteiger partial charge in [0.25, 0.3) is 0 Å². The molecule has 1 aromatic carbocycles. The van der Waals surface area contributed by atoms with Gasteiger partial charge in [0, 0.05) is 0 Å². The SMILES string of the molecule is CCC(C#N)c1nc2ccccc2s1. The molecule has 0 saturated heterocycles. The molecule has 1 atom stereocenters. The third-order valence-corrected chi connectivity index (χ3v) is 3.32. The Kier molecular flexibility index (Phi) is 2.47. The summed E-state index contributed by atoms with van der Waals surface area (Å²) in [5.74, 6) is -0.0487. The minimum Gasteiger partial charge on any atom is -0.240 e. The molecule has 1 unspecified atom stereocenters. The number of fused-ring (bicyclic) bond motifs is 1. The first kappa shape index (κ1) is 9.17. The quantitative estimate of drug-likeness (QED) is 0.749. The summed E-state index contributed by atoms with van der Waals surface area (Å²) in [6.45, 7) is 2.01. The largest absolute Gasteiger partial charge is 0.240 e. The second-order valence-electron chi connectivity index (χ2n) is 3.11. The average Bonchev–Trinajstić information content (AvgIpc) is 2.63. The van der Waals surface area contributed by atoms with Gasteiger partial charge in [0.2, 0.25) is 0 Å². The average molecular weight is 202 g/mol. The normalized spacial score (nSPS) is 12.6. The number of hydrogen-bond acceptors (Lipinski definition) is 3. The monoisotopic (exact) mass is 202 g/mol. The number of nitrogens with zero attached hydrogens (tertiary/aromatic N) is 2. The lowest BCUT2D eigenvalue weighted by molar-refractivity contribution is 0.812. The lowest BCUT2D eigenvalue weighted by atomic mass is 10.1. The van der Waals surface area contributed by atoms with Crippen molar-refractivity contribution in [3.8, 4) is 6.07 Å². The summed E-state index contributed by atoms with van der Waals surface area (Å²) in [7, 11) is 0. The molecule has 70 valence electrons. The molecule has 2 rings (SSSR count). The van der Waals surface area contributed by atoms with Gasteiger partial charge in [-0.05, 0) is 18.6 Å². The molecule has 0 N–H and O–H groups in total. The first-order chi connectivity index (χ1) is 6.85. The summed E-state index contributed by atoms with van der Waals surface area (Å²) in [4.78, 5) is 4.45. The van der Waals surface area contributed by atoms with Crippen LogP contribution in [0, 0.1) is 11.3 Å². The molecular weight excluding hydrogens is 192 g/mol. The molecular formula is C11H10N2S. The van der Waals surface area contributed by atoms with Crippen LogP contribution in [-0.4, -0.2) is 4.98 Å². The summed E-state index contributed by atoms with van der Waals surface area (Å²) in [5.41, 5.74) is 1.00. The Balaban J connectivity index is 2.50. The maximum atomic E-state index is 8.92. The number of rotatable bonds is 2. The molecule has 0 radical (unpaired) electrons. The molecule has 0 fully saturated rings. The highest BCUT2D eigenvalue weighted by Gasteiger charge is 2.12. The Labute approximate surface area is 86.8 Å². The third-order valence-electron chi connectivity index (χ3n) is 2.17. The zero-order valence-electron chi connectivity index (χ0n) is 7.90. The summed E-state index contributed by atoms with van der Waals surface area (Å²) in [6, 6.07) is 10.3. The van der Waals surface area contributed by atoms with Crippen LogP contribution in [0.1, 0.15) is 24.3 Å². The zero-order valence-corrected chi connectivity index (χ0v) is 8.71. The predicted octanol–water partition coefficient (Wildman–Crippen LogP) is 3.31. The van der Waals surface area contributed by atoms with E-state index in [1.807, 2.05) is 31.2 Å². The molecule has 1 heterocycles. The van der Waals surface area contributed by atoms with Crippen LogP contribution in [0.3, 0.4) is 0 Å². The van der Waals surface area contributed by atoms with Crippen molar-refractivity contribution in [3.63, 3.8) is 0 Å². The van der Waals surface area contributed by atoms with Crippen LogP contribution in [-0.2, 0) is 0 Å². The third kappa shape index (κ3) is 1.49. The summed E-state index contributed by atoms with van der Waals surface area (Å²) in [6.07, 6.45) is 0.830. The Bertz CT molecular complexity index is 448. The zero-order chi connectivity index (χ0) is 9.97. The first-order valence-corrected chi connectivity index (χ1v) is 5.42.